The Bertz CT molecular complexity index is 42.8. The lowest BCUT2D eigenvalue weighted by Crippen LogP contribution is -1.77. The van der Waals surface area contributed by atoms with E-state index >= 15 is 0 Å². The summed E-state index contributed by atoms with van der Waals surface area (Å²) in [7, 11) is 0. The topological polar surface area (TPSA) is 26.0 Å². The Labute approximate surface area is 42.7 Å². The average Bonchev–Trinajstić information content (AvgIpc) is 1.61. The van der Waals surface area contributed by atoms with Crippen LogP contribution in [0, 0.1) is 0 Å². The third kappa shape index (κ3) is 4.05. The Morgan fingerprint density at radius 3 is 2.67 bits per heavy atom. The Morgan fingerprint density at radius 1 is 1.83 bits per heavy atom. The van der Waals surface area contributed by atoms with Crippen molar-refractivity contribution in [2.75, 3.05) is 5.75 Å². The Balaban J connectivity index is 2.66. The average molecular weight is 103 g/mol. The molecule has 0 heterocycles. The first kappa shape index (κ1) is 6.05. The van der Waals surface area contributed by atoms with Crippen LogP contribution in [0.5, 0.6) is 0 Å². The lowest BCUT2D eigenvalue weighted by atomic mass is 10.6. The molecule has 0 atom stereocenters. The molecule has 1 nitrogen and oxygen atoms in total. The zero-order chi connectivity index (χ0) is 4.83. The molecule has 36 valence electrons. The van der Waals surface area contributed by atoms with Gasteiger partial charge in [0.05, 0.1) is 0 Å². The van der Waals surface area contributed by atoms with Crippen LogP contribution in [0.2, 0.25) is 0 Å². The van der Waals surface area contributed by atoms with Crippen molar-refractivity contribution in [2.45, 2.75) is 6.92 Å². The van der Waals surface area contributed by atoms with E-state index in [1.165, 1.54) is 11.9 Å². The second kappa shape index (κ2) is 5.05. The highest BCUT2D eigenvalue weighted by molar-refractivity contribution is 7.97. The first-order valence-corrected chi connectivity index (χ1v) is 2.89. The third-order valence-electron chi connectivity index (χ3n) is 0.428. The van der Waals surface area contributed by atoms with E-state index in [0.29, 0.717) is 0 Å². The second-order valence-corrected chi connectivity index (χ2v) is 1.57. The number of rotatable bonds is 2. The van der Waals surface area contributed by atoms with Crippen LogP contribution in [0.3, 0.4) is 0 Å². The zero-order valence-corrected chi connectivity index (χ0v) is 4.66. The lowest BCUT2D eigenvalue weighted by molar-refractivity contribution is 1.65. The molecule has 2 heteroatoms. The molecule has 2 N–H and O–H groups in total. The molecule has 0 unspecified atom stereocenters. The van der Waals surface area contributed by atoms with E-state index in [1.807, 2.05) is 19.1 Å². The van der Waals surface area contributed by atoms with Crippen LogP contribution in [-0.2, 0) is 0 Å². The Morgan fingerprint density at radius 2 is 2.50 bits per heavy atom. The van der Waals surface area contributed by atoms with Crippen LogP contribution in [0.4, 0.5) is 0 Å². The highest BCUT2D eigenvalue weighted by Gasteiger charge is 1.64. The summed E-state index contributed by atoms with van der Waals surface area (Å²) in [6, 6.07) is 0. The molecule has 0 spiro atoms. The van der Waals surface area contributed by atoms with Crippen LogP contribution < -0.4 is 5.14 Å². The van der Waals surface area contributed by atoms with Crippen LogP contribution >= 0.6 is 11.9 Å². The molecule has 0 aromatic carbocycles. The van der Waals surface area contributed by atoms with E-state index in [9.17, 15) is 0 Å². The van der Waals surface area contributed by atoms with Gasteiger partial charge in [-0.1, -0.05) is 24.1 Å². The zero-order valence-electron chi connectivity index (χ0n) is 3.85. The quantitative estimate of drug-likeness (QED) is 0.419. The monoisotopic (exact) mass is 103 g/mol. The summed E-state index contributed by atoms with van der Waals surface area (Å²) in [5, 5.41) is 5.08. The fourth-order valence-electron chi connectivity index (χ4n) is 0.152. The van der Waals surface area contributed by atoms with Crippen LogP contribution in [0.25, 0.3) is 0 Å². The van der Waals surface area contributed by atoms with E-state index in [2.05, 4.69) is 0 Å². The van der Waals surface area contributed by atoms with Gasteiger partial charge in [0.15, 0.2) is 0 Å². The summed E-state index contributed by atoms with van der Waals surface area (Å²) in [4.78, 5) is 0. The molecule has 6 heavy (non-hydrogen) atoms. The highest BCUT2D eigenvalue weighted by Crippen LogP contribution is 1.83. The van der Waals surface area contributed by atoms with Crippen molar-refractivity contribution in [2.24, 2.45) is 5.14 Å². The van der Waals surface area contributed by atoms with E-state index in [1.54, 1.807) is 0 Å². The fourth-order valence-corrected chi connectivity index (χ4v) is 0.455. The van der Waals surface area contributed by atoms with Crippen molar-refractivity contribution < 1.29 is 0 Å². The molecule has 0 aliphatic rings. The number of hydrogen-bond acceptors (Lipinski definition) is 2. The smallest absolute Gasteiger partial charge is 0.0257 e. The molecular formula is C4H9NS. The molecule has 0 rings (SSSR count). The standard InChI is InChI=1S/C4H9NS/c1-2-3-4-6-5/h2-3H,4-5H2,1H3/b3-2-. The molecular weight excluding hydrogens is 94.1 g/mol. The maximum atomic E-state index is 5.08. The Hall–Kier alpha value is 0.0500. The minimum atomic E-state index is 0.927. The second-order valence-electron chi connectivity index (χ2n) is 0.902. The van der Waals surface area contributed by atoms with Crippen LogP contribution in [0.1, 0.15) is 6.92 Å². The molecule has 0 saturated carbocycles. The van der Waals surface area contributed by atoms with Gasteiger partial charge in [-0.25, -0.2) is 0 Å². The van der Waals surface area contributed by atoms with Gasteiger partial charge in [-0.2, -0.15) is 0 Å². The van der Waals surface area contributed by atoms with Gasteiger partial charge in [0.2, 0.25) is 0 Å². The first-order chi connectivity index (χ1) is 2.91. The predicted molar refractivity (Wildman–Crippen MR) is 31.5 cm³/mol. The van der Waals surface area contributed by atoms with Gasteiger partial charge in [-0.05, 0) is 6.92 Å². The van der Waals surface area contributed by atoms with Gasteiger partial charge in [0, 0.05) is 5.75 Å². The molecule has 0 aliphatic carbocycles. The van der Waals surface area contributed by atoms with Crippen molar-refractivity contribution in [3.8, 4) is 0 Å². The predicted octanol–water partition coefficient (Wildman–Crippen LogP) is 1.17. The fraction of sp³-hybridized carbons (Fsp3) is 0.500. The molecule has 0 fully saturated rings. The van der Waals surface area contributed by atoms with Crippen molar-refractivity contribution in [3.63, 3.8) is 0 Å². The molecule has 0 amide bonds. The molecule has 0 radical (unpaired) electrons. The summed E-state index contributed by atoms with van der Waals surface area (Å²) < 4.78 is 0. The maximum absolute atomic E-state index is 5.08. The van der Waals surface area contributed by atoms with Gasteiger partial charge in [-0.3, -0.25) is 5.14 Å². The van der Waals surface area contributed by atoms with Crippen LogP contribution in [-0.4, -0.2) is 5.75 Å². The van der Waals surface area contributed by atoms with Crippen molar-refractivity contribution in [1.82, 2.24) is 0 Å². The normalized spacial score (nSPS) is 10.3. The summed E-state index contributed by atoms with van der Waals surface area (Å²) in [5.74, 6) is 0.927. The SMILES string of the molecule is C/C=C\CSN. The number of hydrogen-bond donors (Lipinski definition) is 1. The Kier molecular flexibility index (Phi) is 5.09. The molecule has 0 bridgehead atoms. The summed E-state index contributed by atoms with van der Waals surface area (Å²) in [6.45, 7) is 1.98. The summed E-state index contributed by atoms with van der Waals surface area (Å²) >= 11 is 1.34. The molecule has 0 aromatic rings. The van der Waals surface area contributed by atoms with E-state index in [4.69, 9.17) is 5.14 Å². The minimum absolute atomic E-state index is 0.927. The highest BCUT2D eigenvalue weighted by atomic mass is 32.2. The van der Waals surface area contributed by atoms with Crippen molar-refractivity contribution in [1.29, 1.82) is 0 Å². The molecule has 0 aliphatic heterocycles. The minimum Gasteiger partial charge on any atom is -0.278 e. The molecule has 0 aromatic heterocycles. The van der Waals surface area contributed by atoms with Gasteiger partial charge < -0.3 is 0 Å². The lowest BCUT2D eigenvalue weighted by Gasteiger charge is -1.77. The van der Waals surface area contributed by atoms with Crippen LogP contribution in [0.15, 0.2) is 12.2 Å². The van der Waals surface area contributed by atoms with Gasteiger partial charge in [0.25, 0.3) is 0 Å². The van der Waals surface area contributed by atoms with E-state index in [0.717, 1.165) is 5.75 Å². The third-order valence-corrected chi connectivity index (χ3v) is 0.813. The number of nitrogens with two attached hydrogens (primary N) is 1. The summed E-state index contributed by atoms with van der Waals surface area (Å²) in [6.07, 6.45) is 4.00. The van der Waals surface area contributed by atoms with Gasteiger partial charge in [0.1, 0.15) is 0 Å². The van der Waals surface area contributed by atoms with Gasteiger partial charge >= 0.3 is 0 Å². The van der Waals surface area contributed by atoms with Crippen molar-refractivity contribution in [3.05, 3.63) is 12.2 Å². The van der Waals surface area contributed by atoms with E-state index < -0.39 is 0 Å². The van der Waals surface area contributed by atoms with E-state index in [-0.39, 0.29) is 0 Å². The van der Waals surface area contributed by atoms with Gasteiger partial charge in [-0.15, -0.1) is 0 Å². The summed E-state index contributed by atoms with van der Waals surface area (Å²) in [5.41, 5.74) is 0. The molecule has 0 saturated heterocycles. The number of allylic oxidation sites excluding steroid dienone is 1. The maximum Gasteiger partial charge on any atom is 0.0257 e. The first-order valence-electron chi connectivity index (χ1n) is 1.84. The van der Waals surface area contributed by atoms with Crippen molar-refractivity contribution >= 4 is 11.9 Å². The largest absolute Gasteiger partial charge is 0.278 e.